The summed E-state index contributed by atoms with van der Waals surface area (Å²) in [6.07, 6.45) is 1.85. The van der Waals surface area contributed by atoms with Gasteiger partial charge in [0, 0.05) is 29.9 Å². The number of thiophene rings is 1. The first kappa shape index (κ1) is 16.9. The molecule has 0 saturated carbocycles. The Labute approximate surface area is 146 Å². The van der Waals surface area contributed by atoms with Gasteiger partial charge < -0.3 is 9.80 Å². The number of hydrogen-bond donors (Lipinski definition) is 0. The Balaban J connectivity index is 2.16. The van der Waals surface area contributed by atoms with Gasteiger partial charge in [0.2, 0.25) is 0 Å². The second-order valence-electron chi connectivity index (χ2n) is 6.85. The normalized spacial score (nSPS) is 16.2. The lowest BCUT2D eigenvalue weighted by molar-refractivity contribution is 0.0643. The summed E-state index contributed by atoms with van der Waals surface area (Å²) >= 11 is 1.49. The molecule has 3 heterocycles. The van der Waals surface area contributed by atoms with E-state index in [-0.39, 0.29) is 18.0 Å². The van der Waals surface area contributed by atoms with Crippen LogP contribution in [0.2, 0.25) is 0 Å². The van der Waals surface area contributed by atoms with E-state index >= 15 is 0 Å². The molecule has 1 saturated heterocycles. The Hall–Kier alpha value is -1.91. The van der Waals surface area contributed by atoms with E-state index in [1.165, 1.54) is 11.3 Å². The molecule has 5 nitrogen and oxygen atoms in total. The van der Waals surface area contributed by atoms with Crippen LogP contribution in [0.4, 0.5) is 5.00 Å². The van der Waals surface area contributed by atoms with Crippen molar-refractivity contribution in [3.63, 3.8) is 0 Å². The van der Waals surface area contributed by atoms with Gasteiger partial charge in [-0.25, -0.2) is 9.79 Å². The lowest BCUT2D eigenvalue weighted by Gasteiger charge is -2.32. The second kappa shape index (κ2) is 6.19. The van der Waals surface area contributed by atoms with E-state index in [1.54, 1.807) is 0 Å². The average molecular weight is 345 g/mol. The zero-order valence-corrected chi connectivity index (χ0v) is 15.7. The molecule has 2 aliphatic heterocycles. The van der Waals surface area contributed by atoms with Crippen molar-refractivity contribution in [3.8, 4) is 0 Å². The zero-order valence-electron chi connectivity index (χ0n) is 14.8. The number of carbonyl (C=O) groups is 1. The Morgan fingerprint density at radius 3 is 2.54 bits per heavy atom. The first-order valence-corrected chi connectivity index (χ1v) is 9.25. The minimum atomic E-state index is -0.0272. The monoisotopic (exact) mass is 345 g/mol. The molecule has 0 unspecified atom stereocenters. The average Bonchev–Trinajstić information content (AvgIpc) is 3.06. The van der Waals surface area contributed by atoms with Crippen LogP contribution in [0.3, 0.4) is 0 Å². The minimum Gasteiger partial charge on any atom is -0.334 e. The number of aliphatic imine (C=N–C) groups is 1. The predicted molar refractivity (Wildman–Crippen MR) is 97.6 cm³/mol. The number of fused-ring (bicyclic) bond motifs is 2. The quantitative estimate of drug-likeness (QED) is 0.786. The summed E-state index contributed by atoms with van der Waals surface area (Å²) in [5.41, 5.74) is 1.77. The zero-order chi connectivity index (χ0) is 17.6. The maximum Gasteiger partial charge on any atom is 0.256 e. The number of hydrogen-bond acceptors (Lipinski definition) is 5. The summed E-state index contributed by atoms with van der Waals surface area (Å²) in [6, 6.07) is 0.177. The first-order valence-electron chi connectivity index (χ1n) is 8.43. The number of amidine groups is 1. The molecule has 0 bridgehead atoms. The van der Waals surface area contributed by atoms with Crippen molar-refractivity contribution < 1.29 is 9.59 Å². The van der Waals surface area contributed by atoms with Crippen molar-refractivity contribution in [2.24, 2.45) is 4.99 Å². The first-order chi connectivity index (χ1) is 11.4. The molecule has 128 valence electrons. The van der Waals surface area contributed by atoms with Crippen molar-refractivity contribution in [2.45, 2.75) is 59.5 Å². The molecular weight excluding hydrogens is 322 g/mol. The highest BCUT2D eigenvalue weighted by molar-refractivity contribution is 7.16. The molecule has 1 fully saturated rings. The van der Waals surface area contributed by atoms with Crippen LogP contribution in [0.1, 0.15) is 61.3 Å². The maximum atomic E-state index is 13.3. The van der Waals surface area contributed by atoms with Crippen molar-refractivity contribution in [1.82, 2.24) is 9.80 Å². The van der Waals surface area contributed by atoms with Crippen molar-refractivity contribution in [2.75, 3.05) is 6.54 Å². The topological polar surface area (TPSA) is 53.0 Å². The molecule has 3 rings (SSSR count). The molecule has 1 aromatic rings. The van der Waals surface area contributed by atoms with Crippen LogP contribution in [-0.2, 0) is 4.79 Å². The summed E-state index contributed by atoms with van der Waals surface area (Å²) in [5.74, 6) is 2.98. The third-order valence-corrected chi connectivity index (χ3v) is 5.55. The van der Waals surface area contributed by atoms with Crippen LogP contribution in [0.5, 0.6) is 0 Å². The van der Waals surface area contributed by atoms with Crippen LogP contribution in [-0.4, -0.2) is 46.1 Å². The summed E-state index contributed by atoms with van der Waals surface area (Å²) in [6.45, 7) is 10.8. The Bertz CT molecular complexity index is 761. The fourth-order valence-corrected chi connectivity index (χ4v) is 4.69. The van der Waals surface area contributed by atoms with E-state index < -0.39 is 0 Å². The van der Waals surface area contributed by atoms with Gasteiger partial charge in [-0.3, -0.25) is 4.79 Å². The lowest BCUT2D eigenvalue weighted by Crippen LogP contribution is -2.42. The number of rotatable bonds is 3. The highest BCUT2D eigenvalue weighted by Gasteiger charge is 2.37. The van der Waals surface area contributed by atoms with Gasteiger partial charge in [-0.1, -0.05) is 0 Å². The second-order valence-corrected chi connectivity index (χ2v) is 8.05. The van der Waals surface area contributed by atoms with Gasteiger partial charge in [-0.05, 0) is 41.0 Å². The molecule has 0 aliphatic carbocycles. The van der Waals surface area contributed by atoms with E-state index in [9.17, 15) is 9.59 Å². The van der Waals surface area contributed by atoms with Gasteiger partial charge >= 0.3 is 0 Å². The summed E-state index contributed by atoms with van der Waals surface area (Å²) in [4.78, 5) is 34.4. The van der Waals surface area contributed by atoms with Gasteiger partial charge in [0.05, 0.1) is 11.1 Å². The minimum absolute atomic E-state index is 0.0272. The van der Waals surface area contributed by atoms with Crippen molar-refractivity contribution >= 4 is 39.7 Å². The van der Waals surface area contributed by atoms with Crippen LogP contribution < -0.4 is 0 Å². The van der Waals surface area contributed by atoms with Crippen LogP contribution in [0, 0.1) is 6.92 Å². The van der Waals surface area contributed by atoms with Crippen molar-refractivity contribution in [3.05, 3.63) is 16.0 Å². The summed E-state index contributed by atoms with van der Waals surface area (Å²) in [7, 11) is 0. The number of carbonyl (C=O) groups excluding carboxylic acids is 2. The molecular formula is C18H23N3O2S. The van der Waals surface area contributed by atoms with Crippen LogP contribution >= 0.6 is 11.3 Å². The van der Waals surface area contributed by atoms with Crippen LogP contribution in [0.15, 0.2) is 4.99 Å². The number of aryl methyl sites for hydroxylation is 1. The van der Waals surface area contributed by atoms with E-state index in [4.69, 9.17) is 4.99 Å². The van der Waals surface area contributed by atoms with E-state index in [1.807, 2.05) is 44.4 Å². The van der Waals surface area contributed by atoms with Gasteiger partial charge in [0.15, 0.2) is 5.94 Å². The number of nitrogens with zero attached hydrogens (tertiary/aromatic N) is 3. The Morgan fingerprint density at radius 1 is 1.29 bits per heavy atom. The van der Waals surface area contributed by atoms with Gasteiger partial charge in [0.1, 0.15) is 16.5 Å². The van der Waals surface area contributed by atoms with E-state index in [0.29, 0.717) is 16.8 Å². The molecule has 2 aliphatic rings. The lowest BCUT2D eigenvalue weighted by atomic mass is 10.0. The third kappa shape index (κ3) is 2.50. The molecule has 0 N–H and O–H groups in total. The fourth-order valence-electron chi connectivity index (χ4n) is 3.66. The van der Waals surface area contributed by atoms with Gasteiger partial charge in [0.25, 0.3) is 5.91 Å². The maximum absolute atomic E-state index is 13.3. The predicted octanol–water partition coefficient (Wildman–Crippen LogP) is 3.63. The molecule has 0 radical (unpaired) electrons. The number of amides is 1. The fraction of sp³-hybridized carbons (Fsp3) is 0.556. The smallest absolute Gasteiger partial charge is 0.256 e. The SMILES string of the molecule is Cc1sc2c(c1C(=O)N(C(C)C)C(C)C)C(=C=O)N1CCCC1=N2. The molecule has 0 aromatic carbocycles. The molecule has 24 heavy (non-hydrogen) atoms. The molecule has 1 amide bonds. The standard InChI is InChI=1S/C18H23N3O2S/c1-10(2)21(11(3)4)18(23)15-12(5)24-17-16(15)13(9-22)20-8-6-7-14(20)19-17/h10-11H,6-8H2,1-5H3. The molecule has 6 heteroatoms. The highest BCUT2D eigenvalue weighted by Crippen LogP contribution is 2.45. The highest BCUT2D eigenvalue weighted by atomic mass is 32.1. The van der Waals surface area contributed by atoms with Crippen LogP contribution in [0.25, 0.3) is 5.70 Å². The molecule has 1 aromatic heterocycles. The summed E-state index contributed by atoms with van der Waals surface area (Å²) in [5, 5.41) is 0.773. The van der Waals surface area contributed by atoms with E-state index in [0.717, 1.165) is 35.1 Å². The largest absolute Gasteiger partial charge is 0.334 e. The molecule has 0 atom stereocenters. The summed E-state index contributed by atoms with van der Waals surface area (Å²) < 4.78 is 0. The third-order valence-electron chi connectivity index (χ3n) is 4.55. The Morgan fingerprint density at radius 2 is 1.96 bits per heavy atom. The Kier molecular flexibility index (Phi) is 4.37. The van der Waals surface area contributed by atoms with E-state index in [2.05, 4.69) is 5.94 Å². The molecule has 0 spiro atoms. The van der Waals surface area contributed by atoms with Crippen molar-refractivity contribution in [1.29, 1.82) is 0 Å². The van der Waals surface area contributed by atoms with Gasteiger partial charge in [-0.2, -0.15) is 0 Å². The van der Waals surface area contributed by atoms with Gasteiger partial charge in [-0.15, -0.1) is 11.3 Å².